The molecule has 3 aromatic rings. The van der Waals surface area contributed by atoms with Crippen LogP contribution in [0.4, 0.5) is 4.79 Å². The van der Waals surface area contributed by atoms with Gasteiger partial charge >= 0.3 is 22.3 Å². The molecule has 1 aromatic heterocycles. The van der Waals surface area contributed by atoms with E-state index in [4.69, 9.17) is 14.2 Å². The standard InChI is InChI=1S/C38H53N5O7S/c1-38(2,3)50-37(45)39-51(46,47)41(5)28-18-19-42(23-28)21-20-40(4)29-24-43-32-22-27(36(44)48-6)16-17-30(32)34(26-12-8-7-9-13-26)35(43)31-14-10-11-15-33(31)49-25-29/h10-11,14-17,22,26,28-29H,7-9,12-13,18-21,23-25H2,1-6H3,(H,39,45)/t28?,29-/m1/s1. The Morgan fingerprint density at radius 3 is 2.47 bits per heavy atom. The molecule has 0 radical (unpaired) electrons. The van der Waals surface area contributed by atoms with Gasteiger partial charge in [0.15, 0.2) is 0 Å². The zero-order valence-electron chi connectivity index (χ0n) is 30.8. The van der Waals surface area contributed by atoms with Crippen LogP contribution in [-0.2, 0) is 26.2 Å². The molecule has 1 unspecified atom stereocenters. The first-order valence-corrected chi connectivity index (χ1v) is 19.6. The summed E-state index contributed by atoms with van der Waals surface area (Å²) < 4.78 is 48.5. The summed E-state index contributed by atoms with van der Waals surface area (Å²) in [5, 5.41) is 1.19. The lowest BCUT2D eigenvalue weighted by Gasteiger charge is -2.33. The third kappa shape index (κ3) is 8.21. The summed E-state index contributed by atoms with van der Waals surface area (Å²) in [7, 11) is 0.977. The molecule has 2 aromatic carbocycles. The Kier molecular flexibility index (Phi) is 11.0. The average molecular weight is 724 g/mol. The van der Waals surface area contributed by atoms with Crippen molar-refractivity contribution in [3.05, 3.63) is 53.6 Å². The van der Waals surface area contributed by atoms with Gasteiger partial charge in [0.25, 0.3) is 0 Å². The first-order chi connectivity index (χ1) is 24.3. The van der Waals surface area contributed by atoms with Gasteiger partial charge in [-0.1, -0.05) is 37.5 Å². The minimum absolute atomic E-state index is 0.0215. The quantitative estimate of drug-likeness (QED) is 0.281. The number of para-hydroxylation sites is 1. The lowest BCUT2D eigenvalue weighted by molar-refractivity contribution is 0.0563. The lowest BCUT2D eigenvalue weighted by Crippen LogP contribution is -2.48. The highest BCUT2D eigenvalue weighted by atomic mass is 32.2. The molecule has 2 aliphatic heterocycles. The van der Waals surface area contributed by atoms with Crippen LogP contribution in [0.2, 0.25) is 0 Å². The van der Waals surface area contributed by atoms with E-state index in [2.05, 4.69) is 45.7 Å². The molecule has 1 amide bonds. The molecule has 6 rings (SSSR count). The molecule has 3 heterocycles. The number of fused-ring (bicyclic) bond motifs is 5. The number of carbonyl (C=O) groups is 2. The maximum absolute atomic E-state index is 13.0. The largest absolute Gasteiger partial charge is 0.491 e. The Bertz CT molecular complexity index is 1850. The van der Waals surface area contributed by atoms with Gasteiger partial charge in [-0.2, -0.15) is 12.7 Å². The summed E-state index contributed by atoms with van der Waals surface area (Å²) in [5.74, 6) is 0.934. The molecule has 0 spiro atoms. The number of nitrogens with one attached hydrogen (secondary N) is 1. The van der Waals surface area contributed by atoms with Crippen LogP contribution in [0.15, 0.2) is 42.5 Å². The summed E-state index contributed by atoms with van der Waals surface area (Å²) in [6, 6.07) is 14.0. The van der Waals surface area contributed by atoms with Gasteiger partial charge in [0.1, 0.15) is 18.0 Å². The fourth-order valence-electron chi connectivity index (χ4n) is 7.88. The normalized spacial score (nSPS) is 20.4. The van der Waals surface area contributed by atoms with E-state index < -0.39 is 21.9 Å². The van der Waals surface area contributed by atoms with Crippen LogP contribution in [-0.4, -0.2) is 111 Å². The van der Waals surface area contributed by atoms with E-state index in [-0.39, 0.29) is 18.1 Å². The van der Waals surface area contributed by atoms with Gasteiger partial charge in [0.05, 0.1) is 24.4 Å². The van der Waals surface area contributed by atoms with Crippen molar-refractivity contribution in [2.24, 2.45) is 0 Å². The average Bonchev–Trinajstić information content (AvgIpc) is 3.68. The van der Waals surface area contributed by atoms with Gasteiger partial charge in [-0.3, -0.25) is 4.90 Å². The predicted octanol–water partition coefficient (Wildman–Crippen LogP) is 5.61. The second-order valence-electron chi connectivity index (χ2n) is 15.2. The lowest BCUT2D eigenvalue weighted by atomic mass is 9.81. The summed E-state index contributed by atoms with van der Waals surface area (Å²) in [6.45, 7) is 9.01. The molecule has 51 heavy (non-hydrogen) atoms. The van der Waals surface area contributed by atoms with E-state index in [1.165, 1.54) is 54.4 Å². The minimum atomic E-state index is -4.06. The monoisotopic (exact) mass is 723 g/mol. The molecule has 3 aliphatic rings. The highest BCUT2D eigenvalue weighted by Gasteiger charge is 2.35. The number of carbonyl (C=O) groups excluding carboxylic acids is 2. The van der Waals surface area contributed by atoms with Crippen molar-refractivity contribution in [3.8, 4) is 17.0 Å². The van der Waals surface area contributed by atoms with E-state index in [9.17, 15) is 18.0 Å². The Morgan fingerprint density at radius 2 is 1.75 bits per heavy atom. The van der Waals surface area contributed by atoms with Gasteiger partial charge in [-0.15, -0.1) is 0 Å². The number of hydrogen-bond donors (Lipinski definition) is 1. The number of esters is 1. The number of amides is 1. The third-order valence-corrected chi connectivity index (χ3v) is 12.1. The number of likely N-dealkylation sites (N-methyl/N-ethyl adjacent to an activating group) is 2. The second-order valence-corrected chi connectivity index (χ2v) is 17.0. The van der Waals surface area contributed by atoms with Crippen molar-refractivity contribution in [2.75, 3.05) is 54.0 Å². The number of nitrogens with zero attached hydrogens (tertiary/aromatic N) is 4. The van der Waals surface area contributed by atoms with E-state index in [1.54, 1.807) is 20.8 Å². The Morgan fingerprint density at radius 1 is 1.00 bits per heavy atom. The zero-order chi connectivity index (χ0) is 36.5. The van der Waals surface area contributed by atoms with Gasteiger partial charge in [-0.25, -0.2) is 14.3 Å². The summed E-state index contributed by atoms with van der Waals surface area (Å²) >= 11 is 0. The van der Waals surface area contributed by atoms with E-state index >= 15 is 0 Å². The van der Waals surface area contributed by atoms with Crippen LogP contribution in [0.25, 0.3) is 22.2 Å². The molecule has 1 aliphatic carbocycles. The molecule has 13 heteroatoms. The van der Waals surface area contributed by atoms with Gasteiger partial charge in [-0.05, 0) is 89.4 Å². The van der Waals surface area contributed by atoms with Crippen molar-refractivity contribution in [2.45, 2.75) is 89.4 Å². The van der Waals surface area contributed by atoms with E-state index in [1.807, 2.05) is 22.9 Å². The molecule has 1 saturated carbocycles. The second kappa shape index (κ2) is 15.1. The number of methoxy groups -OCH3 is 1. The summed E-state index contributed by atoms with van der Waals surface area (Å²) in [4.78, 5) is 29.5. The number of rotatable bonds is 9. The highest BCUT2D eigenvalue weighted by Crippen LogP contribution is 2.47. The number of aromatic nitrogens is 1. The van der Waals surface area contributed by atoms with Gasteiger partial charge < -0.3 is 23.7 Å². The molecular weight excluding hydrogens is 671 g/mol. The predicted molar refractivity (Wildman–Crippen MR) is 197 cm³/mol. The molecule has 0 bridgehead atoms. The molecule has 12 nitrogen and oxygen atoms in total. The molecule has 2 atom stereocenters. The van der Waals surface area contributed by atoms with Crippen LogP contribution >= 0.6 is 0 Å². The fraction of sp³-hybridized carbons (Fsp3) is 0.579. The summed E-state index contributed by atoms with van der Waals surface area (Å²) in [6.07, 6.45) is 5.63. The van der Waals surface area contributed by atoms with Gasteiger partial charge in [0.2, 0.25) is 0 Å². The first kappa shape index (κ1) is 37.1. The summed E-state index contributed by atoms with van der Waals surface area (Å²) in [5.41, 5.74) is 4.38. The third-order valence-electron chi connectivity index (χ3n) is 10.6. The molecule has 2 fully saturated rings. The number of ether oxygens (including phenoxy) is 3. The van der Waals surface area contributed by atoms with Crippen LogP contribution in [0.1, 0.15) is 81.1 Å². The smallest absolute Gasteiger partial charge is 0.422 e. The van der Waals surface area contributed by atoms with Crippen molar-refractivity contribution < 1.29 is 32.2 Å². The molecular formula is C38H53N5O7S. The number of benzene rings is 2. The molecule has 278 valence electrons. The van der Waals surface area contributed by atoms with E-state index in [0.717, 1.165) is 49.3 Å². The van der Waals surface area contributed by atoms with Crippen LogP contribution < -0.4 is 9.46 Å². The Hall–Kier alpha value is -3.65. The van der Waals surface area contributed by atoms with Crippen molar-refractivity contribution >= 4 is 33.2 Å². The van der Waals surface area contributed by atoms with Crippen LogP contribution in [0.5, 0.6) is 5.75 Å². The number of likely N-dealkylation sites (tertiary alicyclic amines) is 1. The number of hydrogen-bond acceptors (Lipinski definition) is 9. The van der Waals surface area contributed by atoms with Crippen LogP contribution in [0, 0.1) is 0 Å². The maximum Gasteiger partial charge on any atom is 0.422 e. The first-order valence-electron chi connectivity index (χ1n) is 18.1. The van der Waals surface area contributed by atoms with Crippen LogP contribution in [0.3, 0.4) is 0 Å². The topological polar surface area (TPSA) is 123 Å². The molecule has 1 N–H and O–H groups in total. The maximum atomic E-state index is 13.0. The highest BCUT2D eigenvalue weighted by molar-refractivity contribution is 7.87. The fourth-order valence-corrected chi connectivity index (χ4v) is 8.84. The van der Waals surface area contributed by atoms with Crippen molar-refractivity contribution in [1.29, 1.82) is 0 Å². The minimum Gasteiger partial charge on any atom is -0.491 e. The van der Waals surface area contributed by atoms with Crippen molar-refractivity contribution in [3.63, 3.8) is 0 Å². The SMILES string of the molecule is COC(=O)c1ccc2c(C3CCCCC3)c3n(c2c1)C[C@@H](N(C)CCN1CCC(N(C)S(=O)(=O)NC(=O)OC(C)(C)C)C1)COc1ccccc1-3. The van der Waals surface area contributed by atoms with Gasteiger partial charge in [0, 0.05) is 55.7 Å². The Labute approximate surface area is 302 Å². The zero-order valence-corrected chi connectivity index (χ0v) is 31.6. The molecule has 1 saturated heterocycles. The Balaban J connectivity index is 1.22. The van der Waals surface area contributed by atoms with E-state index in [0.29, 0.717) is 37.6 Å². The van der Waals surface area contributed by atoms with Crippen molar-refractivity contribution in [1.82, 2.24) is 23.4 Å².